The van der Waals surface area contributed by atoms with E-state index in [4.69, 9.17) is 0 Å². The van der Waals surface area contributed by atoms with E-state index in [1.807, 2.05) is 6.92 Å². The van der Waals surface area contributed by atoms with Gasteiger partial charge in [0.15, 0.2) is 0 Å². The third-order valence-corrected chi connectivity index (χ3v) is 3.75. The van der Waals surface area contributed by atoms with Crippen molar-refractivity contribution in [3.8, 4) is 0 Å². The third kappa shape index (κ3) is 2.73. The van der Waals surface area contributed by atoms with Gasteiger partial charge in [0.1, 0.15) is 12.1 Å². The van der Waals surface area contributed by atoms with Crippen LogP contribution in [-0.2, 0) is 0 Å². The van der Waals surface area contributed by atoms with Crippen LogP contribution in [-0.4, -0.2) is 27.7 Å². The SMILES string of the molecule is CCCC(O)CNc1ncnc2c(C)csc12. The predicted octanol–water partition coefficient (Wildman–Crippen LogP) is 2.57. The molecule has 92 valence electrons. The maximum Gasteiger partial charge on any atom is 0.147 e. The Hall–Kier alpha value is -1.20. The number of rotatable bonds is 5. The van der Waals surface area contributed by atoms with Gasteiger partial charge < -0.3 is 10.4 Å². The van der Waals surface area contributed by atoms with Crippen LogP contribution in [0.25, 0.3) is 10.2 Å². The van der Waals surface area contributed by atoms with E-state index >= 15 is 0 Å². The summed E-state index contributed by atoms with van der Waals surface area (Å²) in [6, 6.07) is 0. The molecular formula is C12H17N3OS. The monoisotopic (exact) mass is 251 g/mol. The molecule has 4 nitrogen and oxygen atoms in total. The van der Waals surface area contributed by atoms with Crippen molar-refractivity contribution in [2.24, 2.45) is 0 Å². The van der Waals surface area contributed by atoms with Gasteiger partial charge in [-0.25, -0.2) is 9.97 Å². The van der Waals surface area contributed by atoms with Crippen LogP contribution >= 0.6 is 11.3 Å². The first-order valence-corrected chi connectivity index (χ1v) is 6.71. The molecule has 0 bridgehead atoms. The molecule has 17 heavy (non-hydrogen) atoms. The minimum absolute atomic E-state index is 0.314. The lowest BCUT2D eigenvalue weighted by Crippen LogP contribution is -2.19. The van der Waals surface area contributed by atoms with E-state index < -0.39 is 0 Å². The lowest BCUT2D eigenvalue weighted by Gasteiger charge is -2.11. The van der Waals surface area contributed by atoms with Gasteiger partial charge in [0.05, 0.1) is 16.3 Å². The number of aryl methyl sites for hydroxylation is 1. The van der Waals surface area contributed by atoms with Gasteiger partial charge in [-0.2, -0.15) is 0 Å². The van der Waals surface area contributed by atoms with Crippen molar-refractivity contribution in [2.45, 2.75) is 32.8 Å². The van der Waals surface area contributed by atoms with E-state index in [0.717, 1.165) is 28.9 Å². The Morgan fingerprint density at radius 3 is 3.06 bits per heavy atom. The first kappa shape index (κ1) is 12.3. The quantitative estimate of drug-likeness (QED) is 0.857. The molecule has 2 N–H and O–H groups in total. The molecule has 2 aromatic heterocycles. The molecule has 0 aliphatic heterocycles. The van der Waals surface area contributed by atoms with Crippen LogP contribution in [0.15, 0.2) is 11.7 Å². The number of hydrogen-bond donors (Lipinski definition) is 2. The minimum Gasteiger partial charge on any atom is -0.391 e. The van der Waals surface area contributed by atoms with Gasteiger partial charge in [-0.05, 0) is 24.3 Å². The van der Waals surface area contributed by atoms with Crippen molar-refractivity contribution >= 4 is 27.4 Å². The molecule has 0 spiro atoms. The molecule has 5 heteroatoms. The summed E-state index contributed by atoms with van der Waals surface area (Å²) in [5.74, 6) is 0.822. The fraction of sp³-hybridized carbons (Fsp3) is 0.500. The molecule has 1 atom stereocenters. The molecule has 2 aromatic rings. The van der Waals surface area contributed by atoms with Crippen LogP contribution < -0.4 is 5.32 Å². The molecule has 0 amide bonds. The number of anilines is 1. The molecule has 0 aliphatic carbocycles. The van der Waals surface area contributed by atoms with Gasteiger partial charge in [0, 0.05) is 6.54 Å². The second kappa shape index (κ2) is 5.42. The summed E-state index contributed by atoms with van der Waals surface area (Å²) in [5, 5.41) is 15.0. The highest BCUT2D eigenvalue weighted by molar-refractivity contribution is 7.18. The van der Waals surface area contributed by atoms with Gasteiger partial charge in [-0.15, -0.1) is 11.3 Å². The highest BCUT2D eigenvalue weighted by Crippen LogP contribution is 2.28. The van der Waals surface area contributed by atoms with Crippen molar-refractivity contribution in [3.63, 3.8) is 0 Å². The maximum absolute atomic E-state index is 9.69. The zero-order valence-corrected chi connectivity index (χ0v) is 10.9. The summed E-state index contributed by atoms with van der Waals surface area (Å²) in [6.45, 7) is 4.65. The highest BCUT2D eigenvalue weighted by atomic mass is 32.1. The summed E-state index contributed by atoms with van der Waals surface area (Å²) >= 11 is 1.64. The summed E-state index contributed by atoms with van der Waals surface area (Å²) < 4.78 is 1.06. The van der Waals surface area contributed by atoms with Crippen LogP contribution in [0.3, 0.4) is 0 Å². The molecule has 1 unspecified atom stereocenters. The van der Waals surface area contributed by atoms with Crippen molar-refractivity contribution < 1.29 is 5.11 Å². The fourth-order valence-electron chi connectivity index (χ4n) is 1.75. The summed E-state index contributed by atoms with van der Waals surface area (Å²) in [5.41, 5.74) is 2.17. The fourth-order valence-corrected chi connectivity index (χ4v) is 2.71. The highest BCUT2D eigenvalue weighted by Gasteiger charge is 2.09. The second-order valence-electron chi connectivity index (χ2n) is 4.14. The van der Waals surface area contributed by atoms with E-state index in [1.54, 1.807) is 17.7 Å². The average molecular weight is 251 g/mol. The number of nitrogens with one attached hydrogen (secondary N) is 1. The number of nitrogens with zero attached hydrogens (tertiary/aromatic N) is 2. The molecule has 0 aromatic carbocycles. The third-order valence-electron chi connectivity index (χ3n) is 2.66. The van der Waals surface area contributed by atoms with Gasteiger partial charge >= 0.3 is 0 Å². The van der Waals surface area contributed by atoms with Crippen LogP contribution in [0, 0.1) is 6.92 Å². The number of thiophene rings is 1. The second-order valence-corrected chi connectivity index (χ2v) is 5.02. The van der Waals surface area contributed by atoms with Crippen molar-refractivity contribution in [1.82, 2.24) is 9.97 Å². The summed E-state index contributed by atoms with van der Waals surface area (Å²) in [7, 11) is 0. The molecule has 2 heterocycles. The lowest BCUT2D eigenvalue weighted by molar-refractivity contribution is 0.176. The van der Waals surface area contributed by atoms with Crippen LogP contribution in [0.1, 0.15) is 25.3 Å². The molecule has 0 aliphatic rings. The van der Waals surface area contributed by atoms with Gasteiger partial charge in [0.25, 0.3) is 0 Å². The Bertz CT molecular complexity index is 497. The number of aliphatic hydroxyl groups is 1. The van der Waals surface area contributed by atoms with E-state index in [1.165, 1.54) is 5.56 Å². The van der Waals surface area contributed by atoms with E-state index in [9.17, 15) is 5.11 Å². The van der Waals surface area contributed by atoms with Crippen LogP contribution in [0.2, 0.25) is 0 Å². The summed E-state index contributed by atoms with van der Waals surface area (Å²) in [6.07, 6.45) is 3.05. The molecule has 0 fully saturated rings. The molecule has 0 saturated heterocycles. The minimum atomic E-state index is -0.314. The first-order valence-electron chi connectivity index (χ1n) is 5.83. The Balaban J connectivity index is 2.13. The molecule has 0 saturated carbocycles. The van der Waals surface area contributed by atoms with E-state index in [0.29, 0.717) is 6.54 Å². The number of aromatic nitrogens is 2. The Kier molecular flexibility index (Phi) is 3.91. The van der Waals surface area contributed by atoms with E-state index in [-0.39, 0.29) is 6.10 Å². The largest absolute Gasteiger partial charge is 0.391 e. The normalized spacial score (nSPS) is 12.9. The van der Waals surface area contributed by atoms with E-state index in [2.05, 4.69) is 27.6 Å². The Morgan fingerprint density at radius 1 is 1.47 bits per heavy atom. The number of fused-ring (bicyclic) bond motifs is 1. The average Bonchev–Trinajstić information content (AvgIpc) is 2.70. The van der Waals surface area contributed by atoms with Crippen LogP contribution in [0.4, 0.5) is 5.82 Å². The number of aliphatic hydroxyl groups excluding tert-OH is 1. The first-order chi connectivity index (χ1) is 8.22. The number of hydrogen-bond acceptors (Lipinski definition) is 5. The van der Waals surface area contributed by atoms with Gasteiger partial charge in [-0.3, -0.25) is 0 Å². The zero-order valence-electron chi connectivity index (χ0n) is 10.1. The smallest absolute Gasteiger partial charge is 0.147 e. The molecule has 2 rings (SSSR count). The van der Waals surface area contributed by atoms with Crippen molar-refractivity contribution in [3.05, 3.63) is 17.3 Å². The molecule has 0 radical (unpaired) electrons. The van der Waals surface area contributed by atoms with Crippen LogP contribution in [0.5, 0.6) is 0 Å². The lowest BCUT2D eigenvalue weighted by atomic mass is 10.2. The van der Waals surface area contributed by atoms with Gasteiger partial charge in [-0.1, -0.05) is 13.3 Å². The summed E-state index contributed by atoms with van der Waals surface area (Å²) in [4.78, 5) is 8.49. The van der Waals surface area contributed by atoms with Gasteiger partial charge in [0.2, 0.25) is 0 Å². The predicted molar refractivity (Wildman–Crippen MR) is 71.6 cm³/mol. The Morgan fingerprint density at radius 2 is 2.29 bits per heavy atom. The zero-order chi connectivity index (χ0) is 12.3. The Labute approximate surface area is 105 Å². The van der Waals surface area contributed by atoms with Crippen molar-refractivity contribution in [1.29, 1.82) is 0 Å². The maximum atomic E-state index is 9.69. The standard InChI is InChI=1S/C12H17N3OS/c1-3-4-9(16)5-13-12-11-10(14-7-15-12)8(2)6-17-11/h6-7,9,16H,3-5H2,1-2H3,(H,13,14,15). The van der Waals surface area contributed by atoms with Crippen molar-refractivity contribution in [2.75, 3.05) is 11.9 Å². The topological polar surface area (TPSA) is 58.0 Å². The molecular weight excluding hydrogens is 234 g/mol.